The van der Waals surface area contributed by atoms with Crippen molar-refractivity contribution in [2.45, 2.75) is 32.2 Å². The largest absolute Gasteiger partial charge is 0.340 e. The van der Waals surface area contributed by atoms with Crippen LogP contribution < -0.4 is 10.6 Å². The van der Waals surface area contributed by atoms with Crippen LogP contribution in [0.1, 0.15) is 36.9 Å². The second-order valence-electron chi connectivity index (χ2n) is 5.74. The summed E-state index contributed by atoms with van der Waals surface area (Å²) in [5.74, 6) is 0. The van der Waals surface area contributed by atoms with E-state index >= 15 is 0 Å². The Balaban J connectivity index is 2.04. The maximum absolute atomic E-state index is 5.98. The van der Waals surface area contributed by atoms with Gasteiger partial charge in [-0.25, -0.2) is 0 Å². The van der Waals surface area contributed by atoms with Crippen LogP contribution in [0.2, 0.25) is 0 Å². The fourth-order valence-corrected chi connectivity index (χ4v) is 3.58. The predicted octanol–water partition coefficient (Wildman–Crippen LogP) is 4.94. The third kappa shape index (κ3) is 2.99. The summed E-state index contributed by atoms with van der Waals surface area (Å²) in [5.41, 5.74) is 11.1. The molecule has 0 saturated carbocycles. The molecule has 0 saturated heterocycles. The maximum atomic E-state index is 5.98. The fraction of sp³-hybridized carbons (Fsp3) is 0.333. The monoisotopic (exact) mass is 344 g/mol. The minimum Gasteiger partial charge on any atom is -0.340 e. The lowest BCUT2D eigenvalue weighted by Crippen LogP contribution is -2.18. The Labute approximate surface area is 135 Å². The highest BCUT2D eigenvalue weighted by atomic mass is 79.9. The second kappa shape index (κ2) is 6.20. The molecule has 3 heteroatoms. The smallest absolute Gasteiger partial charge is 0.0555 e. The lowest BCUT2D eigenvalue weighted by Gasteiger charge is -2.26. The molecule has 0 radical (unpaired) electrons. The molecule has 2 N–H and O–H groups in total. The van der Waals surface area contributed by atoms with E-state index in [9.17, 15) is 0 Å². The molecular weight excluding hydrogens is 324 g/mol. The number of anilines is 2. The molecule has 0 bridgehead atoms. The standard InChI is InChI=1S/C18H21BrN2/c1-13(20)15-9-10-18(16(19)12-15)21-11-5-4-7-14-6-2-3-8-17(14)21/h2-3,6,8-10,12-13H,4-5,7,11,20H2,1H3/t13-/m0/s1. The molecule has 1 aliphatic heterocycles. The Bertz CT molecular complexity index is 637. The Kier molecular flexibility index (Phi) is 4.32. The van der Waals surface area contributed by atoms with Crippen LogP contribution in [0.25, 0.3) is 0 Å². The molecule has 2 aromatic rings. The Morgan fingerprint density at radius 1 is 1.10 bits per heavy atom. The number of nitrogens with zero attached hydrogens (tertiary/aromatic N) is 1. The summed E-state index contributed by atoms with van der Waals surface area (Å²) in [6, 6.07) is 15.3. The van der Waals surface area contributed by atoms with Crippen molar-refractivity contribution < 1.29 is 0 Å². The zero-order chi connectivity index (χ0) is 14.8. The number of rotatable bonds is 2. The van der Waals surface area contributed by atoms with Crippen molar-refractivity contribution in [3.63, 3.8) is 0 Å². The number of halogens is 1. The molecule has 1 aliphatic rings. The van der Waals surface area contributed by atoms with Crippen molar-refractivity contribution in [1.29, 1.82) is 0 Å². The molecule has 0 amide bonds. The molecule has 110 valence electrons. The minimum absolute atomic E-state index is 0.0618. The molecule has 1 heterocycles. The fourth-order valence-electron chi connectivity index (χ4n) is 2.97. The molecule has 0 unspecified atom stereocenters. The number of aryl methyl sites for hydroxylation is 1. The van der Waals surface area contributed by atoms with Crippen molar-refractivity contribution in [2.75, 3.05) is 11.4 Å². The molecule has 0 aromatic heterocycles. The van der Waals surface area contributed by atoms with Crippen LogP contribution in [-0.2, 0) is 6.42 Å². The molecule has 0 aliphatic carbocycles. The molecular formula is C18H21BrN2. The van der Waals surface area contributed by atoms with Crippen LogP contribution in [-0.4, -0.2) is 6.54 Å². The van der Waals surface area contributed by atoms with Gasteiger partial charge in [-0.15, -0.1) is 0 Å². The van der Waals surface area contributed by atoms with Gasteiger partial charge in [0.15, 0.2) is 0 Å². The first-order valence-electron chi connectivity index (χ1n) is 7.57. The van der Waals surface area contributed by atoms with Crippen LogP contribution in [0.3, 0.4) is 0 Å². The van der Waals surface area contributed by atoms with E-state index in [1.165, 1.54) is 36.2 Å². The quantitative estimate of drug-likeness (QED) is 0.835. The summed E-state index contributed by atoms with van der Waals surface area (Å²) in [7, 11) is 0. The van der Waals surface area contributed by atoms with Crippen LogP contribution >= 0.6 is 15.9 Å². The number of hydrogen-bond donors (Lipinski definition) is 1. The first-order valence-corrected chi connectivity index (χ1v) is 8.36. The lowest BCUT2D eigenvalue weighted by atomic mass is 10.1. The summed E-state index contributed by atoms with van der Waals surface area (Å²) >= 11 is 3.73. The zero-order valence-electron chi connectivity index (χ0n) is 12.3. The number of benzene rings is 2. The number of nitrogens with two attached hydrogens (primary N) is 1. The number of hydrogen-bond acceptors (Lipinski definition) is 2. The Morgan fingerprint density at radius 2 is 1.90 bits per heavy atom. The van der Waals surface area contributed by atoms with Gasteiger partial charge in [0, 0.05) is 22.7 Å². The first kappa shape index (κ1) is 14.6. The molecule has 21 heavy (non-hydrogen) atoms. The third-order valence-corrected chi connectivity index (χ3v) is 4.78. The van der Waals surface area contributed by atoms with E-state index < -0.39 is 0 Å². The minimum atomic E-state index is 0.0618. The summed E-state index contributed by atoms with van der Waals surface area (Å²) in [5, 5.41) is 0. The summed E-state index contributed by atoms with van der Waals surface area (Å²) < 4.78 is 1.12. The molecule has 3 rings (SSSR count). The van der Waals surface area contributed by atoms with E-state index in [4.69, 9.17) is 5.73 Å². The summed E-state index contributed by atoms with van der Waals surface area (Å²) in [6.07, 6.45) is 3.64. The van der Waals surface area contributed by atoms with Crippen LogP contribution in [0.5, 0.6) is 0 Å². The first-order chi connectivity index (χ1) is 10.2. The highest BCUT2D eigenvalue weighted by Crippen LogP contribution is 2.37. The van der Waals surface area contributed by atoms with Crippen molar-refractivity contribution in [1.82, 2.24) is 0 Å². The van der Waals surface area contributed by atoms with Gasteiger partial charge in [0.2, 0.25) is 0 Å². The number of fused-ring (bicyclic) bond motifs is 1. The second-order valence-corrected chi connectivity index (χ2v) is 6.59. The van der Waals surface area contributed by atoms with E-state index in [1.807, 2.05) is 6.92 Å². The zero-order valence-corrected chi connectivity index (χ0v) is 13.9. The molecule has 1 atom stereocenters. The average Bonchev–Trinajstić information content (AvgIpc) is 2.69. The van der Waals surface area contributed by atoms with Gasteiger partial charge in [-0.05, 0) is 71.4 Å². The lowest BCUT2D eigenvalue weighted by molar-refractivity contribution is 0.760. The van der Waals surface area contributed by atoms with E-state index in [0.29, 0.717) is 0 Å². The number of para-hydroxylation sites is 1. The molecule has 2 aromatic carbocycles. The van der Waals surface area contributed by atoms with Gasteiger partial charge < -0.3 is 10.6 Å². The van der Waals surface area contributed by atoms with Gasteiger partial charge in [-0.3, -0.25) is 0 Å². The summed E-state index contributed by atoms with van der Waals surface area (Å²) in [4.78, 5) is 2.43. The van der Waals surface area contributed by atoms with Gasteiger partial charge in [-0.1, -0.05) is 24.3 Å². The van der Waals surface area contributed by atoms with E-state index in [2.05, 4.69) is 63.3 Å². The topological polar surface area (TPSA) is 29.3 Å². The van der Waals surface area contributed by atoms with Crippen LogP contribution in [0.4, 0.5) is 11.4 Å². The van der Waals surface area contributed by atoms with Gasteiger partial charge >= 0.3 is 0 Å². The Morgan fingerprint density at radius 3 is 2.67 bits per heavy atom. The van der Waals surface area contributed by atoms with E-state index in [0.717, 1.165) is 16.6 Å². The normalized spacial score (nSPS) is 16.2. The van der Waals surface area contributed by atoms with Crippen molar-refractivity contribution in [2.24, 2.45) is 5.73 Å². The highest BCUT2D eigenvalue weighted by molar-refractivity contribution is 9.10. The van der Waals surface area contributed by atoms with E-state index in [-0.39, 0.29) is 6.04 Å². The van der Waals surface area contributed by atoms with Crippen molar-refractivity contribution >= 4 is 27.3 Å². The van der Waals surface area contributed by atoms with E-state index in [1.54, 1.807) is 0 Å². The predicted molar refractivity (Wildman–Crippen MR) is 93.1 cm³/mol. The van der Waals surface area contributed by atoms with Gasteiger partial charge in [0.25, 0.3) is 0 Å². The van der Waals surface area contributed by atoms with Crippen molar-refractivity contribution in [3.05, 3.63) is 58.1 Å². The van der Waals surface area contributed by atoms with Crippen molar-refractivity contribution in [3.8, 4) is 0 Å². The highest BCUT2D eigenvalue weighted by Gasteiger charge is 2.18. The Hall–Kier alpha value is -1.32. The molecule has 0 fully saturated rings. The van der Waals surface area contributed by atoms with Gasteiger partial charge in [0.05, 0.1) is 5.69 Å². The van der Waals surface area contributed by atoms with Gasteiger partial charge in [0.1, 0.15) is 0 Å². The van der Waals surface area contributed by atoms with Gasteiger partial charge in [-0.2, -0.15) is 0 Å². The summed E-state index contributed by atoms with van der Waals surface area (Å²) in [6.45, 7) is 3.08. The maximum Gasteiger partial charge on any atom is 0.0555 e. The average molecular weight is 345 g/mol. The van der Waals surface area contributed by atoms with Crippen LogP contribution in [0.15, 0.2) is 46.9 Å². The van der Waals surface area contributed by atoms with Crippen LogP contribution in [0, 0.1) is 0 Å². The molecule has 0 spiro atoms. The SMILES string of the molecule is C[C@H](N)c1ccc(N2CCCCc3ccccc32)c(Br)c1. The third-order valence-electron chi connectivity index (χ3n) is 4.15. The molecule has 2 nitrogen and oxygen atoms in total.